The van der Waals surface area contributed by atoms with Gasteiger partial charge in [0.25, 0.3) is 10.1 Å². The molecule has 1 N–H and O–H groups in total. The zero-order chi connectivity index (χ0) is 16.9. The molecule has 5 nitrogen and oxygen atoms in total. The minimum Gasteiger partial charge on any atom is -0.379 e. The molecule has 0 aliphatic rings. The largest absolute Gasteiger partial charge is 0.379 e. The predicted octanol–water partition coefficient (Wildman–Crippen LogP) is 2.17. The van der Waals surface area contributed by atoms with Crippen LogP contribution in [0.15, 0.2) is 60.7 Å². The van der Waals surface area contributed by atoms with Gasteiger partial charge in [0.15, 0.2) is 5.78 Å². The fourth-order valence-corrected chi connectivity index (χ4v) is 3.08. The Morgan fingerprint density at radius 3 is 2.13 bits per heavy atom. The summed E-state index contributed by atoms with van der Waals surface area (Å²) in [6, 6.07) is 16.7. The molecule has 0 radical (unpaired) electrons. The van der Waals surface area contributed by atoms with Crippen LogP contribution in [-0.4, -0.2) is 31.5 Å². The molecule has 0 aromatic heterocycles. The minimum atomic E-state index is -3.90. The van der Waals surface area contributed by atoms with Gasteiger partial charge in [-0.05, 0) is 12.5 Å². The maximum absolute atomic E-state index is 12.2. The Balaban J connectivity index is 2.02. The SMILES string of the molecule is CC(O)(COS(=O)(=O)Cc1ccccc1)C(=O)c1ccccc1. The van der Waals surface area contributed by atoms with E-state index in [1.165, 1.54) is 6.92 Å². The van der Waals surface area contributed by atoms with E-state index >= 15 is 0 Å². The van der Waals surface area contributed by atoms with Gasteiger partial charge in [0.05, 0.1) is 0 Å². The van der Waals surface area contributed by atoms with Crippen molar-refractivity contribution in [3.63, 3.8) is 0 Å². The van der Waals surface area contributed by atoms with E-state index in [4.69, 9.17) is 4.18 Å². The molecule has 0 fully saturated rings. The summed E-state index contributed by atoms with van der Waals surface area (Å²) in [7, 11) is -3.90. The monoisotopic (exact) mass is 334 g/mol. The molecule has 0 spiro atoms. The van der Waals surface area contributed by atoms with Gasteiger partial charge in [0.2, 0.25) is 0 Å². The summed E-state index contributed by atoms with van der Waals surface area (Å²) in [4.78, 5) is 12.2. The third-order valence-corrected chi connectivity index (χ3v) is 4.39. The van der Waals surface area contributed by atoms with Crippen molar-refractivity contribution in [2.75, 3.05) is 6.61 Å². The van der Waals surface area contributed by atoms with Crippen LogP contribution in [0.5, 0.6) is 0 Å². The van der Waals surface area contributed by atoms with Gasteiger partial charge in [-0.15, -0.1) is 0 Å². The third-order valence-electron chi connectivity index (χ3n) is 3.23. The molecule has 23 heavy (non-hydrogen) atoms. The molecule has 0 amide bonds. The lowest BCUT2D eigenvalue weighted by atomic mass is 9.96. The molecule has 0 aliphatic carbocycles. The Morgan fingerprint density at radius 1 is 1.04 bits per heavy atom. The van der Waals surface area contributed by atoms with Gasteiger partial charge in [-0.1, -0.05) is 60.7 Å². The average Bonchev–Trinajstić information content (AvgIpc) is 2.54. The summed E-state index contributed by atoms with van der Waals surface area (Å²) in [5.74, 6) is -0.906. The van der Waals surface area contributed by atoms with Gasteiger partial charge in [0.1, 0.15) is 18.0 Å². The Hall–Kier alpha value is -2.02. The molecule has 0 saturated heterocycles. The smallest absolute Gasteiger partial charge is 0.271 e. The average molecular weight is 334 g/mol. The molecule has 0 saturated carbocycles. The lowest BCUT2D eigenvalue weighted by Crippen LogP contribution is -2.41. The first-order valence-corrected chi connectivity index (χ1v) is 8.61. The summed E-state index contributed by atoms with van der Waals surface area (Å²) < 4.78 is 28.8. The summed E-state index contributed by atoms with van der Waals surface area (Å²) in [6.07, 6.45) is 0. The molecule has 0 aliphatic heterocycles. The zero-order valence-electron chi connectivity index (χ0n) is 12.7. The van der Waals surface area contributed by atoms with Crippen molar-refractivity contribution in [1.29, 1.82) is 0 Å². The van der Waals surface area contributed by atoms with Gasteiger partial charge in [0, 0.05) is 5.56 Å². The highest BCUT2D eigenvalue weighted by molar-refractivity contribution is 7.85. The van der Waals surface area contributed by atoms with Crippen molar-refractivity contribution >= 4 is 15.9 Å². The van der Waals surface area contributed by atoms with Crippen molar-refractivity contribution < 1.29 is 22.5 Å². The molecular weight excluding hydrogens is 316 g/mol. The molecule has 0 heterocycles. The number of carbonyl (C=O) groups excluding carboxylic acids is 1. The number of ketones is 1. The van der Waals surface area contributed by atoms with Crippen molar-refractivity contribution in [3.8, 4) is 0 Å². The number of rotatable bonds is 7. The van der Waals surface area contributed by atoms with Crippen molar-refractivity contribution in [2.24, 2.45) is 0 Å². The van der Waals surface area contributed by atoms with Crippen LogP contribution in [0.1, 0.15) is 22.8 Å². The third kappa shape index (κ3) is 4.99. The standard InChI is InChI=1S/C17H18O5S/c1-17(19,16(18)15-10-6-3-7-11-15)13-22-23(20,21)12-14-8-4-2-5-9-14/h2-11,19H,12-13H2,1H3. The Morgan fingerprint density at radius 2 is 1.57 bits per heavy atom. The van der Waals surface area contributed by atoms with Crippen LogP contribution in [-0.2, 0) is 20.1 Å². The molecule has 122 valence electrons. The van der Waals surface area contributed by atoms with Crippen LogP contribution in [0.25, 0.3) is 0 Å². The maximum Gasteiger partial charge on any atom is 0.271 e. The number of benzene rings is 2. The van der Waals surface area contributed by atoms with Gasteiger partial charge in [-0.3, -0.25) is 8.98 Å². The zero-order valence-corrected chi connectivity index (χ0v) is 13.5. The topological polar surface area (TPSA) is 80.7 Å². The van der Waals surface area contributed by atoms with E-state index in [1.807, 2.05) is 0 Å². The second-order valence-corrected chi connectivity index (χ2v) is 7.06. The fourth-order valence-electron chi connectivity index (χ4n) is 1.99. The van der Waals surface area contributed by atoms with E-state index in [9.17, 15) is 18.3 Å². The van der Waals surface area contributed by atoms with E-state index in [-0.39, 0.29) is 5.75 Å². The highest BCUT2D eigenvalue weighted by atomic mass is 32.2. The van der Waals surface area contributed by atoms with E-state index in [2.05, 4.69) is 0 Å². The number of hydrogen-bond donors (Lipinski definition) is 1. The van der Waals surface area contributed by atoms with Crippen molar-refractivity contribution in [3.05, 3.63) is 71.8 Å². The molecule has 2 rings (SSSR count). The van der Waals surface area contributed by atoms with E-state index in [0.717, 1.165) is 0 Å². The van der Waals surface area contributed by atoms with Crippen molar-refractivity contribution in [1.82, 2.24) is 0 Å². The number of Topliss-reactive ketones (excluding diaryl/α,β-unsaturated/α-hetero) is 1. The molecule has 2 aromatic rings. The maximum atomic E-state index is 12.2. The summed E-state index contributed by atoms with van der Waals surface area (Å²) in [6.45, 7) is 0.607. The first-order valence-electron chi connectivity index (χ1n) is 7.03. The first kappa shape index (κ1) is 17.3. The second kappa shape index (κ2) is 7.04. The van der Waals surface area contributed by atoms with E-state index < -0.39 is 28.1 Å². The highest BCUT2D eigenvalue weighted by Crippen LogP contribution is 2.16. The predicted molar refractivity (Wildman–Crippen MR) is 86.4 cm³/mol. The molecule has 1 unspecified atom stereocenters. The molecule has 0 bridgehead atoms. The van der Waals surface area contributed by atoms with Gasteiger partial charge in [-0.25, -0.2) is 0 Å². The minimum absolute atomic E-state index is 0.293. The Bertz CT molecular complexity index is 752. The van der Waals surface area contributed by atoms with Crippen LogP contribution in [0.4, 0.5) is 0 Å². The van der Waals surface area contributed by atoms with Crippen molar-refractivity contribution in [2.45, 2.75) is 18.3 Å². The quantitative estimate of drug-likeness (QED) is 0.620. The Labute approximate surface area is 135 Å². The summed E-state index contributed by atoms with van der Waals surface area (Å²) in [5, 5.41) is 10.2. The summed E-state index contributed by atoms with van der Waals surface area (Å²) in [5.41, 5.74) is -1.06. The number of hydrogen-bond acceptors (Lipinski definition) is 5. The molecule has 1 atom stereocenters. The molecular formula is C17H18O5S. The molecule has 6 heteroatoms. The Kier molecular flexibility index (Phi) is 5.30. The lowest BCUT2D eigenvalue weighted by molar-refractivity contribution is 0.0175. The van der Waals surface area contributed by atoms with Crippen LogP contribution < -0.4 is 0 Å². The van der Waals surface area contributed by atoms with E-state index in [0.29, 0.717) is 11.1 Å². The number of carbonyl (C=O) groups is 1. The van der Waals surface area contributed by atoms with Crippen LogP contribution in [0.3, 0.4) is 0 Å². The lowest BCUT2D eigenvalue weighted by Gasteiger charge is -2.21. The second-order valence-electron chi connectivity index (χ2n) is 5.42. The van der Waals surface area contributed by atoms with Gasteiger partial charge < -0.3 is 5.11 Å². The summed E-state index contributed by atoms with van der Waals surface area (Å²) >= 11 is 0. The van der Waals surface area contributed by atoms with E-state index in [1.54, 1.807) is 60.7 Å². The van der Waals surface area contributed by atoms with Crippen LogP contribution >= 0.6 is 0 Å². The van der Waals surface area contributed by atoms with Crippen LogP contribution in [0, 0.1) is 0 Å². The highest BCUT2D eigenvalue weighted by Gasteiger charge is 2.33. The fraction of sp³-hybridized carbons (Fsp3) is 0.235. The van der Waals surface area contributed by atoms with Gasteiger partial charge >= 0.3 is 0 Å². The first-order chi connectivity index (χ1) is 10.8. The molecule has 2 aromatic carbocycles. The van der Waals surface area contributed by atoms with Gasteiger partial charge in [-0.2, -0.15) is 8.42 Å². The van der Waals surface area contributed by atoms with Crippen LogP contribution in [0.2, 0.25) is 0 Å². The normalized spacial score (nSPS) is 14.2. The number of aliphatic hydroxyl groups is 1.